The number of primary amides is 1. The summed E-state index contributed by atoms with van der Waals surface area (Å²) in [5, 5.41) is 11.3. The maximum absolute atomic E-state index is 11.9. The predicted molar refractivity (Wildman–Crippen MR) is 68.2 cm³/mol. The molecule has 0 saturated carbocycles. The first kappa shape index (κ1) is 14.5. The Morgan fingerprint density at radius 3 is 2.42 bits per heavy atom. The first-order valence-electron chi connectivity index (χ1n) is 5.58. The van der Waals surface area contributed by atoms with Gasteiger partial charge in [-0.1, -0.05) is 12.1 Å². The van der Waals surface area contributed by atoms with Crippen molar-refractivity contribution in [2.75, 3.05) is 5.73 Å². The number of para-hydroxylation sites is 1. The normalized spacial score (nSPS) is 11.6. The third-order valence-corrected chi connectivity index (χ3v) is 2.49. The van der Waals surface area contributed by atoms with Crippen molar-refractivity contribution >= 4 is 23.5 Å². The first-order chi connectivity index (χ1) is 8.91. The molecule has 19 heavy (non-hydrogen) atoms. The van der Waals surface area contributed by atoms with Crippen molar-refractivity contribution in [1.29, 1.82) is 0 Å². The predicted octanol–water partition coefficient (Wildman–Crippen LogP) is -0.283. The molecule has 1 atom stereocenters. The van der Waals surface area contributed by atoms with Crippen LogP contribution >= 0.6 is 0 Å². The Labute approximate surface area is 109 Å². The van der Waals surface area contributed by atoms with Crippen LogP contribution in [0.15, 0.2) is 24.3 Å². The Balaban J connectivity index is 2.74. The van der Waals surface area contributed by atoms with Crippen molar-refractivity contribution in [3.05, 3.63) is 29.8 Å². The number of nitrogen functional groups attached to an aromatic ring is 1. The molecule has 0 saturated heterocycles. The summed E-state index contributed by atoms with van der Waals surface area (Å²) in [4.78, 5) is 33.5. The van der Waals surface area contributed by atoms with E-state index in [0.717, 1.165) is 0 Å². The van der Waals surface area contributed by atoms with E-state index in [1.54, 1.807) is 12.1 Å². The number of carboxylic acid groups (broad SMARTS) is 1. The Morgan fingerprint density at radius 1 is 1.26 bits per heavy atom. The van der Waals surface area contributed by atoms with Gasteiger partial charge in [-0.15, -0.1) is 0 Å². The van der Waals surface area contributed by atoms with E-state index in [2.05, 4.69) is 5.32 Å². The molecule has 7 nitrogen and oxygen atoms in total. The second-order valence-corrected chi connectivity index (χ2v) is 3.96. The number of amides is 2. The van der Waals surface area contributed by atoms with Gasteiger partial charge in [0.1, 0.15) is 6.04 Å². The Hall–Kier alpha value is -2.57. The fraction of sp³-hybridized carbons (Fsp3) is 0.250. The van der Waals surface area contributed by atoms with Crippen molar-refractivity contribution in [2.24, 2.45) is 5.73 Å². The standard InChI is InChI=1S/C12H15N3O4/c13-8-4-2-1-3-7(8)11(17)15-9(12(18)19)5-6-10(14)16/h1-4,9H,5-6,13H2,(H2,14,16)(H,15,17)(H,18,19). The molecule has 0 aliphatic carbocycles. The lowest BCUT2D eigenvalue weighted by Crippen LogP contribution is -2.41. The van der Waals surface area contributed by atoms with E-state index in [9.17, 15) is 14.4 Å². The second kappa shape index (κ2) is 6.39. The van der Waals surface area contributed by atoms with E-state index >= 15 is 0 Å². The Morgan fingerprint density at radius 2 is 1.89 bits per heavy atom. The monoisotopic (exact) mass is 265 g/mol. The van der Waals surface area contributed by atoms with Crippen LogP contribution in [-0.2, 0) is 9.59 Å². The van der Waals surface area contributed by atoms with E-state index in [4.69, 9.17) is 16.6 Å². The molecule has 0 aromatic heterocycles. The van der Waals surface area contributed by atoms with Gasteiger partial charge in [0.05, 0.1) is 5.56 Å². The van der Waals surface area contributed by atoms with Crippen molar-refractivity contribution < 1.29 is 19.5 Å². The molecular weight excluding hydrogens is 250 g/mol. The molecule has 7 heteroatoms. The number of nitrogens with one attached hydrogen (secondary N) is 1. The molecule has 0 fully saturated rings. The molecule has 1 aromatic rings. The molecule has 0 radical (unpaired) electrons. The smallest absolute Gasteiger partial charge is 0.326 e. The van der Waals surface area contributed by atoms with E-state index in [1.165, 1.54) is 12.1 Å². The van der Waals surface area contributed by atoms with Crippen molar-refractivity contribution in [1.82, 2.24) is 5.32 Å². The van der Waals surface area contributed by atoms with Gasteiger partial charge in [0, 0.05) is 12.1 Å². The quantitative estimate of drug-likeness (QED) is 0.524. The number of carbonyl (C=O) groups is 3. The van der Waals surface area contributed by atoms with Crippen molar-refractivity contribution in [2.45, 2.75) is 18.9 Å². The minimum absolute atomic E-state index is 0.0663. The average molecular weight is 265 g/mol. The SMILES string of the molecule is NC(=O)CCC(NC(=O)c1ccccc1N)C(=O)O. The lowest BCUT2D eigenvalue weighted by molar-refractivity contribution is -0.139. The van der Waals surface area contributed by atoms with E-state index in [1.807, 2.05) is 0 Å². The molecule has 0 aliphatic rings. The average Bonchev–Trinajstić information content (AvgIpc) is 2.34. The fourth-order valence-corrected chi connectivity index (χ4v) is 1.48. The highest BCUT2D eigenvalue weighted by Gasteiger charge is 2.21. The van der Waals surface area contributed by atoms with Crippen LogP contribution in [0, 0.1) is 0 Å². The van der Waals surface area contributed by atoms with Gasteiger partial charge < -0.3 is 21.9 Å². The largest absolute Gasteiger partial charge is 0.480 e. The maximum Gasteiger partial charge on any atom is 0.326 e. The van der Waals surface area contributed by atoms with Crippen LogP contribution in [0.4, 0.5) is 5.69 Å². The zero-order chi connectivity index (χ0) is 14.4. The third kappa shape index (κ3) is 4.30. The summed E-state index contributed by atoms with van der Waals surface area (Å²) in [6, 6.07) is 5.11. The van der Waals surface area contributed by atoms with Crippen LogP contribution in [0.5, 0.6) is 0 Å². The van der Waals surface area contributed by atoms with Crippen LogP contribution < -0.4 is 16.8 Å². The molecular formula is C12H15N3O4. The number of rotatable bonds is 6. The van der Waals surface area contributed by atoms with Gasteiger partial charge in [0.2, 0.25) is 5.91 Å². The van der Waals surface area contributed by atoms with E-state index in [0.29, 0.717) is 0 Å². The maximum atomic E-state index is 11.9. The molecule has 1 rings (SSSR count). The number of nitrogens with two attached hydrogens (primary N) is 2. The van der Waals surface area contributed by atoms with E-state index < -0.39 is 23.8 Å². The van der Waals surface area contributed by atoms with Gasteiger partial charge in [-0.25, -0.2) is 4.79 Å². The number of benzene rings is 1. The number of anilines is 1. The summed E-state index contributed by atoms with van der Waals surface area (Å²) in [6.07, 6.45) is -0.190. The molecule has 1 unspecified atom stereocenters. The minimum Gasteiger partial charge on any atom is -0.480 e. The Bertz CT molecular complexity index is 502. The van der Waals surface area contributed by atoms with Gasteiger partial charge in [-0.2, -0.15) is 0 Å². The summed E-state index contributed by atoms with van der Waals surface area (Å²) in [7, 11) is 0. The molecule has 2 amide bonds. The fourth-order valence-electron chi connectivity index (χ4n) is 1.48. The highest BCUT2D eigenvalue weighted by Crippen LogP contribution is 2.11. The minimum atomic E-state index is -1.23. The third-order valence-electron chi connectivity index (χ3n) is 2.49. The van der Waals surface area contributed by atoms with Gasteiger partial charge in [-0.05, 0) is 18.6 Å². The van der Waals surface area contributed by atoms with E-state index in [-0.39, 0.29) is 24.1 Å². The number of carbonyl (C=O) groups excluding carboxylic acids is 2. The summed E-state index contributed by atoms with van der Waals surface area (Å²) in [6.45, 7) is 0. The highest BCUT2D eigenvalue weighted by molar-refractivity contribution is 6.00. The number of hydrogen-bond donors (Lipinski definition) is 4. The molecule has 1 aromatic carbocycles. The van der Waals surface area contributed by atoms with Crippen LogP contribution in [0.2, 0.25) is 0 Å². The molecule has 0 aliphatic heterocycles. The van der Waals surface area contributed by atoms with Crippen LogP contribution in [0.1, 0.15) is 23.2 Å². The number of aliphatic carboxylic acids is 1. The van der Waals surface area contributed by atoms with Gasteiger partial charge in [-0.3, -0.25) is 9.59 Å². The first-order valence-corrected chi connectivity index (χ1v) is 5.58. The van der Waals surface area contributed by atoms with Crippen molar-refractivity contribution in [3.63, 3.8) is 0 Å². The summed E-state index contributed by atoms with van der Waals surface area (Å²) in [5.41, 5.74) is 11.0. The summed E-state index contributed by atoms with van der Waals surface area (Å²) in [5.74, 6) is -2.46. The second-order valence-electron chi connectivity index (χ2n) is 3.96. The molecule has 0 spiro atoms. The number of hydrogen-bond acceptors (Lipinski definition) is 4. The lowest BCUT2D eigenvalue weighted by atomic mass is 10.1. The van der Waals surface area contributed by atoms with Gasteiger partial charge >= 0.3 is 5.97 Å². The van der Waals surface area contributed by atoms with Crippen LogP contribution in [0.25, 0.3) is 0 Å². The topological polar surface area (TPSA) is 136 Å². The number of carboxylic acids is 1. The Kier molecular flexibility index (Phi) is 4.87. The molecule has 6 N–H and O–H groups in total. The van der Waals surface area contributed by atoms with Crippen molar-refractivity contribution in [3.8, 4) is 0 Å². The summed E-state index contributed by atoms with van der Waals surface area (Å²) < 4.78 is 0. The lowest BCUT2D eigenvalue weighted by Gasteiger charge is -2.14. The molecule has 0 bridgehead atoms. The molecule has 102 valence electrons. The zero-order valence-electron chi connectivity index (χ0n) is 10.1. The molecule has 0 heterocycles. The van der Waals surface area contributed by atoms with Gasteiger partial charge in [0.15, 0.2) is 0 Å². The summed E-state index contributed by atoms with van der Waals surface area (Å²) >= 11 is 0. The highest BCUT2D eigenvalue weighted by atomic mass is 16.4. The van der Waals surface area contributed by atoms with Crippen LogP contribution in [-0.4, -0.2) is 28.9 Å². The zero-order valence-corrected chi connectivity index (χ0v) is 10.1. The van der Waals surface area contributed by atoms with Crippen LogP contribution in [0.3, 0.4) is 0 Å². The van der Waals surface area contributed by atoms with Gasteiger partial charge in [0.25, 0.3) is 5.91 Å².